The van der Waals surface area contributed by atoms with Crippen molar-refractivity contribution in [1.29, 1.82) is 0 Å². The Morgan fingerprint density at radius 2 is 1.72 bits per heavy atom. The fraction of sp³-hybridized carbons (Fsp3) is 0.625. The molecule has 0 aliphatic carbocycles. The average molecular weight is 448 g/mol. The molecule has 32 heavy (non-hydrogen) atoms. The van der Waals surface area contributed by atoms with E-state index in [1.165, 1.54) is 0 Å². The minimum absolute atomic E-state index is 0.102. The summed E-state index contributed by atoms with van der Waals surface area (Å²) in [5.74, 6) is 1.19. The maximum absolute atomic E-state index is 12.6. The number of carbonyl (C=O) groups is 3. The average Bonchev–Trinajstić information content (AvgIpc) is 2.73. The lowest BCUT2D eigenvalue weighted by Gasteiger charge is -2.32. The molecule has 0 saturated carbocycles. The van der Waals surface area contributed by atoms with Gasteiger partial charge in [-0.1, -0.05) is 12.1 Å². The molecular formula is C24H37N3O5. The van der Waals surface area contributed by atoms with E-state index in [9.17, 15) is 14.4 Å². The summed E-state index contributed by atoms with van der Waals surface area (Å²) in [6.07, 6.45) is 1.81. The Kier molecular flexibility index (Phi) is 9.81. The minimum Gasteiger partial charge on any atom is -0.494 e. The molecule has 0 spiro atoms. The zero-order valence-corrected chi connectivity index (χ0v) is 19.7. The standard InChI is InChI=1S/C24H37N3O5/c1-5-31-20-8-6-18(7-9-20)16-22(29)27-14-11-19(12-15-27)17-26-21(28)10-13-25-23(30)32-24(2,3)4/h6-9,19H,5,10-17H2,1-4H3,(H,25,30)(H,26,28). The van der Waals surface area contributed by atoms with Crippen molar-refractivity contribution in [3.05, 3.63) is 29.8 Å². The first-order valence-corrected chi connectivity index (χ1v) is 11.4. The molecule has 0 atom stereocenters. The summed E-state index contributed by atoms with van der Waals surface area (Å²) in [6, 6.07) is 7.65. The summed E-state index contributed by atoms with van der Waals surface area (Å²) in [4.78, 5) is 38.1. The van der Waals surface area contributed by atoms with Crippen molar-refractivity contribution in [2.24, 2.45) is 5.92 Å². The Balaban J connectivity index is 1.61. The van der Waals surface area contributed by atoms with Crippen molar-refractivity contribution >= 4 is 17.9 Å². The predicted molar refractivity (Wildman–Crippen MR) is 122 cm³/mol. The molecule has 0 bridgehead atoms. The van der Waals surface area contributed by atoms with E-state index < -0.39 is 11.7 Å². The van der Waals surface area contributed by atoms with E-state index in [1.807, 2.05) is 36.1 Å². The van der Waals surface area contributed by atoms with Crippen LogP contribution in [0.4, 0.5) is 4.79 Å². The van der Waals surface area contributed by atoms with Gasteiger partial charge in [-0.3, -0.25) is 9.59 Å². The second-order valence-electron chi connectivity index (χ2n) is 9.06. The molecule has 2 N–H and O–H groups in total. The van der Waals surface area contributed by atoms with E-state index in [2.05, 4.69) is 10.6 Å². The van der Waals surface area contributed by atoms with Crippen LogP contribution < -0.4 is 15.4 Å². The van der Waals surface area contributed by atoms with Gasteiger partial charge in [0.05, 0.1) is 13.0 Å². The highest BCUT2D eigenvalue weighted by Gasteiger charge is 2.23. The van der Waals surface area contributed by atoms with Crippen LogP contribution in [0.15, 0.2) is 24.3 Å². The topological polar surface area (TPSA) is 97.0 Å². The van der Waals surface area contributed by atoms with Crippen molar-refractivity contribution < 1.29 is 23.9 Å². The van der Waals surface area contributed by atoms with Crippen molar-refractivity contribution in [3.63, 3.8) is 0 Å². The Labute approximate surface area is 191 Å². The zero-order chi connectivity index (χ0) is 23.6. The third-order valence-corrected chi connectivity index (χ3v) is 5.17. The SMILES string of the molecule is CCOc1ccc(CC(=O)N2CCC(CNC(=O)CCNC(=O)OC(C)(C)C)CC2)cc1. The molecule has 1 fully saturated rings. The number of amides is 3. The Hall–Kier alpha value is -2.77. The van der Waals surface area contributed by atoms with E-state index in [0.717, 1.165) is 24.2 Å². The van der Waals surface area contributed by atoms with Crippen LogP contribution in [0.3, 0.4) is 0 Å². The third kappa shape index (κ3) is 9.58. The number of piperidine rings is 1. The highest BCUT2D eigenvalue weighted by atomic mass is 16.6. The smallest absolute Gasteiger partial charge is 0.407 e. The first-order chi connectivity index (χ1) is 15.2. The molecule has 1 aliphatic rings. The quantitative estimate of drug-likeness (QED) is 0.607. The van der Waals surface area contributed by atoms with E-state index >= 15 is 0 Å². The maximum atomic E-state index is 12.6. The molecule has 3 amide bonds. The molecule has 0 unspecified atom stereocenters. The summed E-state index contributed by atoms with van der Waals surface area (Å²) in [6.45, 7) is 10.2. The minimum atomic E-state index is -0.559. The number of rotatable bonds is 9. The van der Waals surface area contributed by atoms with Crippen LogP contribution in [0, 0.1) is 5.92 Å². The summed E-state index contributed by atoms with van der Waals surface area (Å²) >= 11 is 0. The molecule has 0 aromatic heterocycles. The molecule has 178 valence electrons. The first-order valence-electron chi connectivity index (χ1n) is 11.4. The van der Waals surface area contributed by atoms with Crippen LogP contribution >= 0.6 is 0 Å². The number of likely N-dealkylation sites (tertiary alicyclic amines) is 1. The van der Waals surface area contributed by atoms with Crippen LogP contribution in [0.5, 0.6) is 5.75 Å². The lowest BCUT2D eigenvalue weighted by Crippen LogP contribution is -2.42. The zero-order valence-electron chi connectivity index (χ0n) is 19.7. The summed E-state index contributed by atoms with van der Waals surface area (Å²) in [5.41, 5.74) is 0.421. The fourth-order valence-electron chi connectivity index (χ4n) is 3.48. The normalized spacial score (nSPS) is 14.6. The first kappa shape index (κ1) is 25.5. The Morgan fingerprint density at radius 1 is 1.06 bits per heavy atom. The summed E-state index contributed by atoms with van der Waals surface area (Å²) in [7, 11) is 0. The number of hydrogen-bond donors (Lipinski definition) is 2. The van der Waals surface area contributed by atoms with Crippen molar-refractivity contribution in [3.8, 4) is 5.75 Å². The van der Waals surface area contributed by atoms with E-state index in [-0.39, 0.29) is 24.8 Å². The summed E-state index contributed by atoms with van der Waals surface area (Å²) in [5, 5.41) is 5.51. The van der Waals surface area contributed by atoms with Gasteiger partial charge in [-0.25, -0.2) is 4.79 Å². The van der Waals surface area contributed by atoms with Gasteiger partial charge >= 0.3 is 6.09 Å². The highest BCUT2D eigenvalue weighted by Crippen LogP contribution is 2.18. The molecular weight excluding hydrogens is 410 g/mol. The van der Waals surface area contributed by atoms with Gasteiger partial charge in [0, 0.05) is 32.6 Å². The number of benzene rings is 1. The second kappa shape index (κ2) is 12.3. The number of hydrogen-bond acceptors (Lipinski definition) is 5. The Morgan fingerprint density at radius 3 is 2.31 bits per heavy atom. The largest absolute Gasteiger partial charge is 0.494 e. The predicted octanol–water partition coefficient (Wildman–Crippen LogP) is 2.90. The molecule has 8 nitrogen and oxygen atoms in total. The molecule has 1 aromatic carbocycles. The number of carbonyl (C=O) groups excluding carboxylic acids is 3. The monoisotopic (exact) mass is 447 g/mol. The van der Waals surface area contributed by atoms with E-state index in [1.54, 1.807) is 20.8 Å². The number of alkyl carbamates (subject to hydrolysis) is 1. The van der Waals surface area contributed by atoms with Gasteiger partial charge in [0.25, 0.3) is 0 Å². The molecule has 1 aromatic rings. The van der Waals surface area contributed by atoms with Crippen molar-refractivity contribution in [1.82, 2.24) is 15.5 Å². The van der Waals surface area contributed by atoms with Gasteiger partial charge in [0.1, 0.15) is 11.4 Å². The van der Waals surface area contributed by atoms with Gasteiger partial charge < -0.3 is 25.0 Å². The van der Waals surface area contributed by atoms with Gasteiger partial charge in [0.15, 0.2) is 0 Å². The second-order valence-corrected chi connectivity index (χ2v) is 9.06. The molecule has 2 rings (SSSR count). The van der Waals surface area contributed by atoms with Gasteiger partial charge in [-0.05, 0) is 64.2 Å². The number of ether oxygens (including phenoxy) is 2. The lowest BCUT2D eigenvalue weighted by atomic mass is 9.96. The van der Waals surface area contributed by atoms with Crippen LogP contribution in [0.25, 0.3) is 0 Å². The summed E-state index contributed by atoms with van der Waals surface area (Å²) < 4.78 is 10.6. The fourth-order valence-corrected chi connectivity index (χ4v) is 3.48. The van der Waals surface area contributed by atoms with E-state index in [4.69, 9.17) is 9.47 Å². The molecule has 1 aliphatic heterocycles. The highest BCUT2D eigenvalue weighted by molar-refractivity contribution is 5.79. The van der Waals surface area contributed by atoms with Gasteiger partial charge in [-0.15, -0.1) is 0 Å². The van der Waals surface area contributed by atoms with Crippen LogP contribution in [0.2, 0.25) is 0 Å². The molecule has 8 heteroatoms. The van der Waals surface area contributed by atoms with Crippen LogP contribution in [0.1, 0.15) is 52.5 Å². The number of nitrogens with one attached hydrogen (secondary N) is 2. The van der Waals surface area contributed by atoms with Crippen molar-refractivity contribution in [2.45, 2.75) is 59.0 Å². The Bertz CT molecular complexity index is 750. The molecule has 0 radical (unpaired) electrons. The third-order valence-electron chi connectivity index (χ3n) is 5.17. The van der Waals surface area contributed by atoms with Crippen LogP contribution in [-0.4, -0.2) is 61.2 Å². The van der Waals surface area contributed by atoms with Crippen molar-refractivity contribution in [2.75, 3.05) is 32.8 Å². The molecule has 1 heterocycles. The van der Waals surface area contributed by atoms with Gasteiger partial charge in [0.2, 0.25) is 11.8 Å². The van der Waals surface area contributed by atoms with Gasteiger partial charge in [-0.2, -0.15) is 0 Å². The molecule has 1 saturated heterocycles. The maximum Gasteiger partial charge on any atom is 0.407 e. The van der Waals surface area contributed by atoms with Crippen LogP contribution in [-0.2, 0) is 20.7 Å². The number of nitrogens with zero attached hydrogens (tertiary/aromatic N) is 1. The van der Waals surface area contributed by atoms with E-state index in [0.29, 0.717) is 38.6 Å². The lowest BCUT2D eigenvalue weighted by molar-refractivity contribution is -0.132.